The van der Waals surface area contributed by atoms with Crippen LogP contribution in [0, 0.1) is 0 Å². The summed E-state index contributed by atoms with van der Waals surface area (Å²) in [7, 11) is 0. The van der Waals surface area contributed by atoms with Gasteiger partial charge >= 0.3 is 5.97 Å². The summed E-state index contributed by atoms with van der Waals surface area (Å²) in [5.41, 5.74) is 2.09. The van der Waals surface area contributed by atoms with Crippen LogP contribution in [0.25, 0.3) is 0 Å². The number of hydrogen-bond donors (Lipinski definition) is 2. The molecule has 1 aromatic carbocycles. The molecule has 2 rings (SSSR count). The highest BCUT2D eigenvalue weighted by Crippen LogP contribution is 2.22. The fourth-order valence-electron chi connectivity index (χ4n) is 1.95. The van der Waals surface area contributed by atoms with Gasteiger partial charge in [0.05, 0.1) is 6.42 Å². The molecule has 0 saturated carbocycles. The van der Waals surface area contributed by atoms with Crippen LogP contribution in [0.1, 0.15) is 17.5 Å². The third-order valence-electron chi connectivity index (χ3n) is 2.81. The molecule has 1 atom stereocenters. The number of hydrogen-bond acceptors (Lipinski definition) is 3. The zero-order chi connectivity index (χ0) is 12.4. The monoisotopic (exact) mass is 235 g/mol. The Labute approximate surface area is 98.3 Å². The normalized spacial score (nSPS) is 15.5. The molecule has 0 bridgehead atoms. The molecule has 0 spiro atoms. The summed E-state index contributed by atoms with van der Waals surface area (Å²) in [5.74, 6) is -1.70. The van der Waals surface area contributed by atoms with Crippen molar-refractivity contribution >= 4 is 11.9 Å². The molecule has 0 saturated heterocycles. The summed E-state index contributed by atoms with van der Waals surface area (Å²) in [4.78, 5) is 23.6. The number of carboxylic acids is 1. The van der Waals surface area contributed by atoms with E-state index in [2.05, 4.69) is 0 Å². The minimum absolute atomic E-state index is 0.436. The molecule has 1 heterocycles. The van der Waals surface area contributed by atoms with Crippen LogP contribution in [0.15, 0.2) is 24.3 Å². The lowest BCUT2D eigenvalue weighted by molar-refractivity contribution is -0.149. The van der Waals surface area contributed by atoms with E-state index in [4.69, 9.17) is 5.11 Å². The number of fused-ring (bicyclic) bond motifs is 1. The first-order chi connectivity index (χ1) is 8.08. The second-order valence-electron chi connectivity index (χ2n) is 4.08. The van der Waals surface area contributed by atoms with Gasteiger partial charge in [0.25, 0.3) is 5.91 Å². The number of aliphatic hydroxyl groups is 1. The molecule has 2 N–H and O–H groups in total. The Morgan fingerprint density at radius 1 is 1.24 bits per heavy atom. The largest absolute Gasteiger partial charge is 0.481 e. The number of aliphatic carboxylic acids is 1. The molecule has 5 heteroatoms. The molecule has 1 aliphatic heterocycles. The Bertz CT molecular complexity index is 433. The predicted molar refractivity (Wildman–Crippen MR) is 59.0 cm³/mol. The first kappa shape index (κ1) is 11.6. The standard InChI is InChI=1S/C12H13NO4/c14-10(5-11(15)16)12(17)13-6-8-3-1-2-4-9(8)7-13/h1-4,10,14H,5-7H2,(H,15,16)/t10-/m1/s1. The lowest BCUT2D eigenvalue weighted by atomic mass is 10.1. The number of carbonyl (C=O) groups excluding carboxylic acids is 1. The van der Waals surface area contributed by atoms with Gasteiger partial charge in [-0.1, -0.05) is 24.3 Å². The lowest BCUT2D eigenvalue weighted by Crippen LogP contribution is -2.36. The van der Waals surface area contributed by atoms with Crippen LogP contribution in [-0.2, 0) is 22.7 Å². The second-order valence-corrected chi connectivity index (χ2v) is 4.08. The molecular formula is C12H13NO4. The molecule has 0 radical (unpaired) electrons. The van der Waals surface area contributed by atoms with E-state index in [1.807, 2.05) is 24.3 Å². The van der Waals surface area contributed by atoms with Gasteiger partial charge in [-0.05, 0) is 11.1 Å². The number of rotatable bonds is 3. The van der Waals surface area contributed by atoms with E-state index in [0.29, 0.717) is 13.1 Å². The summed E-state index contributed by atoms with van der Waals surface area (Å²) in [6, 6.07) is 7.62. The first-order valence-corrected chi connectivity index (χ1v) is 5.33. The van der Waals surface area contributed by atoms with Crippen LogP contribution in [0.4, 0.5) is 0 Å². The van der Waals surface area contributed by atoms with Crippen molar-refractivity contribution in [3.8, 4) is 0 Å². The van der Waals surface area contributed by atoms with Crippen molar-refractivity contribution in [3.63, 3.8) is 0 Å². The summed E-state index contributed by atoms with van der Waals surface area (Å²) < 4.78 is 0. The van der Waals surface area contributed by atoms with Gasteiger partial charge in [0.2, 0.25) is 0 Å². The third-order valence-corrected chi connectivity index (χ3v) is 2.81. The summed E-state index contributed by atoms with van der Waals surface area (Å²) in [6.07, 6.45) is -2.01. The van der Waals surface area contributed by atoms with E-state index < -0.39 is 24.4 Å². The number of carboxylic acid groups (broad SMARTS) is 1. The van der Waals surface area contributed by atoms with E-state index in [1.54, 1.807) is 0 Å². The minimum atomic E-state index is -1.46. The Morgan fingerprint density at radius 3 is 2.24 bits per heavy atom. The van der Waals surface area contributed by atoms with Gasteiger partial charge in [-0.25, -0.2) is 0 Å². The molecule has 0 aromatic heterocycles. The van der Waals surface area contributed by atoms with Crippen molar-refractivity contribution in [2.45, 2.75) is 25.6 Å². The summed E-state index contributed by atoms with van der Waals surface area (Å²) >= 11 is 0. The highest BCUT2D eigenvalue weighted by atomic mass is 16.4. The van der Waals surface area contributed by atoms with Crippen LogP contribution in [0.3, 0.4) is 0 Å². The number of carbonyl (C=O) groups is 2. The molecule has 0 unspecified atom stereocenters. The summed E-state index contributed by atoms with van der Waals surface area (Å²) in [5, 5.41) is 18.0. The maximum Gasteiger partial charge on any atom is 0.306 e. The molecule has 5 nitrogen and oxygen atoms in total. The Hall–Kier alpha value is -1.88. The van der Waals surface area contributed by atoms with E-state index in [-0.39, 0.29) is 0 Å². The van der Waals surface area contributed by atoms with Crippen LogP contribution in [0.2, 0.25) is 0 Å². The average molecular weight is 235 g/mol. The van der Waals surface area contributed by atoms with Gasteiger partial charge in [-0.3, -0.25) is 9.59 Å². The number of amides is 1. The predicted octanol–water partition coefficient (Wildman–Crippen LogP) is 0.364. The molecule has 17 heavy (non-hydrogen) atoms. The van der Waals surface area contributed by atoms with Gasteiger partial charge in [0.1, 0.15) is 6.10 Å². The quantitative estimate of drug-likeness (QED) is 0.793. The van der Waals surface area contributed by atoms with E-state index in [1.165, 1.54) is 4.90 Å². The van der Waals surface area contributed by atoms with Gasteiger partial charge in [-0.2, -0.15) is 0 Å². The first-order valence-electron chi connectivity index (χ1n) is 5.33. The Kier molecular flexibility index (Phi) is 3.10. The van der Waals surface area contributed by atoms with Crippen molar-refractivity contribution in [3.05, 3.63) is 35.4 Å². The highest BCUT2D eigenvalue weighted by molar-refractivity contribution is 5.85. The van der Waals surface area contributed by atoms with Crippen LogP contribution < -0.4 is 0 Å². The maximum atomic E-state index is 11.8. The van der Waals surface area contributed by atoms with Gasteiger partial charge < -0.3 is 15.1 Å². The molecule has 0 fully saturated rings. The molecule has 0 aliphatic carbocycles. The lowest BCUT2D eigenvalue weighted by Gasteiger charge is -2.18. The Balaban J connectivity index is 2.03. The fourth-order valence-corrected chi connectivity index (χ4v) is 1.95. The van der Waals surface area contributed by atoms with Crippen molar-refractivity contribution in [2.24, 2.45) is 0 Å². The number of benzene rings is 1. The van der Waals surface area contributed by atoms with Crippen LogP contribution in [-0.4, -0.2) is 33.1 Å². The average Bonchev–Trinajstić information content (AvgIpc) is 2.70. The number of aliphatic hydroxyl groups excluding tert-OH is 1. The van der Waals surface area contributed by atoms with Crippen molar-refractivity contribution in [1.29, 1.82) is 0 Å². The molecule has 1 aliphatic rings. The van der Waals surface area contributed by atoms with Crippen LogP contribution >= 0.6 is 0 Å². The number of nitrogens with zero attached hydrogens (tertiary/aromatic N) is 1. The van der Waals surface area contributed by atoms with Gasteiger partial charge in [0.15, 0.2) is 0 Å². The molecule has 1 aromatic rings. The zero-order valence-electron chi connectivity index (χ0n) is 9.17. The van der Waals surface area contributed by atoms with Gasteiger partial charge in [-0.15, -0.1) is 0 Å². The van der Waals surface area contributed by atoms with E-state index >= 15 is 0 Å². The van der Waals surface area contributed by atoms with Crippen molar-refractivity contribution in [2.75, 3.05) is 0 Å². The molecule has 1 amide bonds. The smallest absolute Gasteiger partial charge is 0.306 e. The molecular weight excluding hydrogens is 222 g/mol. The summed E-state index contributed by atoms with van der Waals surface area (Å²) in [6.45, 7) is 0.872. The van der Waals surface area contributed by atoms with Crippen molar-refractivity contribution < 1.29 is 19.8 Å². The van der Waals surface area contributed by atoms with E-state index in [0.717, 1.165) is 11.1 Å². The Morgan fingerprint density at radius 2 is 1.76 bits per heavy atom. The van der Waals surface area contributed by atoms with Crippen molar-refractivity contribution in [1.82, 2.24) is 4.90 Å². The zero-order valence-corrected chi connectivity index (χ0v) is 9.17. The van der Waals surface area contributed by atoms with Crippen LogP contribution in [0.5, 0.6) is 0 Å². The second kappa shape index (κ2) is 4.55. The highest BCUT2D eigenvalue weighted by Gasteiger charge is 2.28. The molecule has 90 valence electrons. The SMILES string of the molecule is O=C(O)C[C@@H](O)C(=O)N1Cc2ccccc2C1. The minimum Gasteiger partial charge on any atom is -0.481 e. The van der Waals surface area contributed by atoms with Gasteiger partial charge in [0, 0.05) is 13.1 Å². The third kappa shape index (κ3) is 2.45. The topological polar surface area (TPSA) is 77.8 Å². The maximum absolute atomic E-state index is 11.8. The van der Waals surface area contributed by atoms with E-state index in [9.17, 15) is 14.7 Å². The fraction of sp³-hybridized carbons (Fsp3) is 0.333.